The standard InChI is InChI=1S/C11H13NO3/c13-11(14)9-6-7-10(15-9)12-8-4-2-1-3-5-8/h1-2,6-8,12H,3-5H2,(H,13,14). The predicted molar refractivity (Wildman–Crippen MR) is 56.1 cm³/mol. The molecule has 1 unspecified atom stereocenters. The summed E-state index contributed by atoms with van der Waals surface area (Å²) in [6.07, 6.45) is 7.36. The minimum Gasteiger partial charge on any atom is -0.475 e. The molecule has 0 aliphatic heterocycles. The third kappa shape index (κ3) is 2.40. The maximum atomic E-state index is 10.6. The van der Waals surface area contributed by atoms with Crippen molar-refractivity contribution in [3.63, 3.8) is 0 Å². The van der Waals surface area contributed by atoms with Crippen molar-refractivity contribution in [1.29, 1.82) is 0 Å². The molecule has 1 aromatic rings. The number of carbonyl (C=O) groups is 1. The molecule has 0 spiro atoms. The van der Waals surface area contributed by atoms with Crippen LogP contribution in [0.25, 0.3) is 0 Å². The normalized spacial score (nSPS) is 20.1. The van der Waals surface area contributed by atoms with Gasteiger partial charge in [0.05, 0.1) is 0 Å². The van der Waals surface area contributed by atoms with Gasteiger partial charge in [-0.3, -0.25) is 0 Å². The van der Waals surface area contributed by atoms with E-state index in [1.165, 1.54) is 6.07 Å². The topological polar surface area (TPSA) is 62.5 Å². The van der Waals surface area contributed by atoms with Crippen molar-refractivity contribution in [3.8, 4) is 0 Å². The zero-order valence-corrected chi connectivity index (χ0v) is 8.27. The number of furan rings is 1. The molecule has 0 aromatic carbocycles. The SMILES string of the molecule is O=C(O)c1ccc(NC2CC=CCC2)o1. The molecule has 0 amide bonds. The Hall–Kier alpha value is -1.71. The van der Waals surface area contributed by atoms with Gasteiger partial charge in [0, 0.05) is 12.1 Å². The molecule has 1 aliphatic carbocycles. The van der Waals surface area contributed by atoms with Gasteiger partial charge >= 0.3 is 5.97 Å². The number of rotatable bonds is 3. The molecule has 1 aliphatic rings. The molecule has 0 saturated heterocycles. The van der Waals surface area contributed by atoms with E-state index in [9.17, 15) is 4.79 Å². The zero-order chi connectivity index (χ0) is 10.7. The van der Waals surface area contributed by atoms with Gasteiger partial charge in [0.1, 0.15) is 0 Å². The fourth-order valence-electron chi connectivity index (χ4n) is 1.66. The number of allylic oxidation sites excluding steroid dienone is 1. The average molecular weight is 207 g/mol. The molecule has 1 atom stereocenters. The van der Waals surface area contributed by atoms with Crippen LogP contribution in [0.2, 0.25) is 0 Å². The summed E-state index contributed by atoms with van der Waals surface area (Å²) >= 11 is 0. The van der Waals surface area contributed by atoms with E-state index in [1.807, 2.05) is 0 Å². The lowest BCUT2D eigenvalue weighted by Gasteiger charge is -2.18. The molecule has 0 saturated carbocycles. The summed E-state index contributed by atoms with van der Waals surface area (Å²) in [5, 5.41) is 11.8. The lowest BCUT2D eigenvalue weighted by molar-refractivity contribution is 0.0663. The fraction of sp³-hybridized carbons (Fsp3) is 0.364. The monoisotopic (exact) mass is 207 g/mol. The maximum Gasteiger partial charge on any atom is 0.371 e. The van der Waals surface area contributed by atoms with Gasteiger partial charge in [-0.2, -0.15) is 0 Å². The van der Waals surface area contributed by atoms with Crippen molar-refractivity contribution >= 4 is 11.9 Å². The first-order valence-corrected chi connectivity index (χ1v) is 5.00. The van der Waals surface area contributed by atoms with Gasteiger partial charge < -0.3 is 14.8 Å². The van der Waals surface area contributed by atoms with E-state index < -0.39 is 5.97 Å². The second-order valence-electron chi connectivity index (χ2n) is 3.59. The summed E-state index contributed by atoms with van der Waals surface area (Å²) in [4.78, 5) is 10.6. The Morgan fingerprint density at radius 1 is 1.47 bits per heavy atom. The summed E-state index contributed by atoms with van der Waals surface area (Å²) in [5.41, 5.74) is 0. The quantitative estimate of drug-likeness (QED) is 0.747. The molecule has 4 nitrogen and oxygen atoms in total. The van der Waals surface area contributed by atoms with E-state index in [0.717, 1.165) is 19.3 Å². The van der Waals surface area contributed by atoms with Gasteiger partial charge in [-0.15, -0.1) is 0 Å². The van der Waals surface area contributed by atoms with Crippen LogP contribution < -0.4 is 5.32 Å². The summed E-state index contributed by atoms with van der Waals surface area (Å²) in [5.74, 6) is -0.525. The molecule has 0 radical (unpaired) electrons. The molecule has 0 fully saturated rings. The zero-order valence-electron chi connectivity index (χ0n) is 8.27. The maximum absolute atomic E-state index is 10.6. The van der Waals surface area contributed by atoms with Gasteiger partial charge in [0.2, 0.25) is 5.76 Å². The van der Waals surface area contributed by atoms with Crippen LogP contribution in [0.3, 0.4) is 0 Å². The highest BCUT2D eigenvalue weighted by Gasteiger charge is 2.13. The molecule has 80 valence electrons. The van der Waals surface area contributed by atoms with Crippen LogP contribution in [0.5, 0.6) is 0 Å². The smallest absolute Gasteiger partial charge is 0.371 e. The second-order valence-corrected chi connectivity index (χ2v) is 3.59. The van der Waals surface area contributed by atoms with E-state index in [-0.39, 0.29) is 5.76 Å². The molecular weight excluding hydrogens is 194 g/mol. The first-order chi connectivity index (χ1) is 7.25. The van der Waals surface area contributed by atoms with Gasteiger partial charge in [-0.25, -0.2) is 4.79 Å². The Bertz CT molecular complexity index is 381. The number of hydrogen-bond donors (Lipinski definition) is 2. The third-order valence-corrected chi connectivity index (χ3v) is 2.43. The molecule has 2 rings (SSSR count). The van der Waals surface area contributed by atoms with Crippen LogP contribution in [0.1, 0.15) is 29.8 Å². The highest BCUT2D eigenvalue weighted by atomic mass is 16.4. The van der Waals surface area contributed by atoms with Gasteiger partial charge in [0.15, 0.2) is 5.88 Å². The highest BCUT2D eigenvalue weighted by Crippen LogP contribution is 2.19. The number of aromatic carboxylic acids is 1. The Labute approximate surface area is 87.6 Å². The summed E-state index contributed by atoms with van der Waals surface area (Å²) < 4.78 is 5.11. The first-order valence-electron chi connectivity index (χ1n) is 5.00. The van der Waals surface area contributed by atoms with E-state index in [0.29, 0.717) is 11.9 Å². The minimum atomic E-state index is -1.04. The number of nitrogens with one attached hydrogen (secondary N) is 1. The molecule has 1 aromatic heterocycles. The van der Waals surface area contributed by atoms with Gasteiger partial charge in [-0.1, -0.05) is 12.2 Å². The second kappa shape index (κ2) is 4.21. The average Bonchev–Trinajstić information content (AvgIpc) is 2.68. The number of carboxylic acids is 1. The molecule has 1 heterocycles. The van der Waals surface area contributed by atoms with Crippen LogP contribution in [-0.2, 0) is 0 Å². The van der Waals surface area contributed by atoms with E-state index in [4.69, 9.17) is 9.52 Å². The Balaban J connectivity index is 1.98. The summed E-state index contributed by atoms with van der Waals surface area (Å²) in [7, 11) is 0. The Morgan fingerprint density at radius 3 is 2.93 bits per heavy atom. The van der Waals surface area contributed by atoms with Crippen LogP contribution in [0.15, 0.2) is 28.7 Å². The van der Waals surface area contributed by atoms with E-state index in [1.54, 1.807) is 6.07 Å². The van der Waals surface area contributed by atoms with E-state index in [2.05, 4.69) is 17.5 Å². The van der Waals surface area contributed by atoms with Crippen molar-refractivity contribution in [2.45, 2.75) is 25.3 Å². The van der Waals surface area contributed by atoms with Gasteiger partial charge in [-0.05, 0) is 25.3 Å². The van der Waals surface area contributed by atoms with Crippen LogP contribution >= 0.6 is 0 Å². The predicted octanol–water partition coefficient (Wildman–Crippen LogP) is 2.50. The molecule has 15 heavy (non-hydrogen) atoms. The molecule has 2 N–H and O–H groups in total. The van der Waals surface area contributed by atoms with E-state index >= 15 is 0 Å². The van der Waals surface area contributed by atoms with Crippen molar-refractivity contribution in [1.82, 2.24) is 0 Å². The third-order valence-electron chi connectivity index (χ3n) is 2.43. The largest absolute Gasteiger partial charge is 0.475 e. The highest BCUT2D eigenvalue weighted by molar-refractivity contribution is 5.84. The lowest BCUT2D eigenvalue weighted by Crippen LogP contribution is -2.19. The number of hydrogen-bond acceptors (Lipinski definition) is 3. The fourth-order valence-corrected chi connectivity index (χ4v) is 1.66. The Morgan fingerprint density at radius 2 is 2.33 bits per heavy atom. The first kappa shape index (κ1) is 9.83. The number of anilines is 1. The molecular formula is C11H13NO3. The van der Waals surface area contributed by atoms with Crippen molar-refractivity contribution in [3.05, 3.63) is 30.0 Å². The molecule has 0 bridgehead atoms. The van der Waals surface area contributed by atoms with Crippen molar-refractivity contribution in [2.75, 3.05) is 5.32 Å². The lowest BCUT2D eigenvalue weighted by atomic mass is 10.0. The van der Waals surface area contributed by atoms with Crippen molar-refractivity contribution in [2.24, 2.45) is 0 Å². The minimum absolute atomic E-state index is 0.0242. The van der Waals surface area contributed by atoms with Crippen LogP contribution in [-0.4, -0.2) is 17.1 Å². The Kier molecular flexibility index (Phi) is 2.76. The summed E-state index contributed by atoms with van der Waals surface area (Å²) in [6, 6.07) is 3.47. The van der Waals surface area contributed by atoms with Crippen molar-refractivity contribution < 1.29 is 14.3 Å². The van der Waals surface area contributed by atoms with Gasteiger partial charge in [0.25, 0.3) is 0 Å². The molecule has 4 heteroatoms. The number of carboxylic acid groups (broad SMARTS) is 1. The van der Waals surface area contributed by atoms with Crippen LogP contribution in [0.4, 0.5) is 5.88 Å². The summed E-state index contributed by atoms with van der Waals surface area (Å²) in [6.45, 7) is 0. The van der Waals surface area contributed by atoms with Crippen LogP contribution in [0, 0.1) is 0 Å².